The molecule has 0 aliphatic carbocycles. The minimum Gasteiger partial charge on any atom is -0.479 e. The van der Waals surface area contributed by atoms with Crippen LogP contribution in [0.4, 0.5) is 0 Å². The van der Waals surface area contributed by atoms with Gasteiger partial charge in [-0.2, -0.15) is 0 Å². The smallest absolute Gasteiger partial charge is 0.335 e. The van der Waals surface area contributed by atoms with Crippen molar-refractivity contribution in [1.29, 1.82) is 0 Å². The number of aliphatic hydroxyl groups excluding tert-OH is 9. The Morgan fingerprint density at radius 2 is 1.17 bits per heavy atom. The zero-order valence-electron chi connectivity index (χ0n) is 18.5. The van der Waals surface area contributed by atoms with Crippen LogP contribution in [0.2, 0.25) is 0 Å². The molecule has 0 bridgehead atoms. The Labute approximate surface area is 198 Å². The van der Waals surface area contributed by atoms with E-state index in [4.69, 9.17) is 28.8 Å². The molecule has 0 radical (unpaired) electrons. The normalized spacial score (nSPS) is 51.2. The van der Waals surface area contributed by atoms with Crippen molar-refractivity contribution >= 4 is 5.97 Å². The number of hydrogen-bond acceptors (Lipinski definition) is 15. The molecule has 16 heteroatoms. The first kappa shape index (κ1) is 28.5. The van der Waals surface area contributed by atoms with Crippen LogP contribution in [0.25, 0.3) is 0 Å². The first-order chi connectivity index (χ1) is 16.4. The van der Waals surface area contributed by atoms with Crippen molar-refractivity contribution in [2.75, 3.05) is 13.2 Å². The van der Waals surface area contributed by atoms with Gasteiger partial charge < -0.3 is 74.7 Å². The summed E-state index contributed by atoms with van der Waals surface area (Å²) in [6.07, 6.45) is -23.8. The van der Waals surface area contributed by atoms with Crippen LogP contribution >= 0.6 is 0 Å². The van der Waals surface area contributed by atoms with Crippen molar-refractivity contribution in [1.82, 2.24) is 0 Å². The molecule has 16 nitrogen and oxygen atoms in total. The SMILES string of the molecule is CC1[C@@H](O)[C@H](O[C@@H]2OC(CO)[C@@H](O[C@@H]3OC(C(=O)O)[C@@H](O)C(O)[C@@H]3O)C(O)[C@@H]2O)C(CO)O[C@@H]1O. The molecule has 3 saturated heterocycles. The van der Waals surface area contributed by atoms with Gasteiger partial charge in [-0.25, -0.2) is 4.79 Å². The van der Waals surface area contributed by atoms with E-state index in [1.807, 2.05) is 0 Å². The third kappa shape index (κ3) is 5.60. The highest BCUT2D eigenvalue weighted by atomic mass is 16.8. The van der Waals surface area contributed by atoms with Gasteiger partial charge in [0.2, 0.25) is 0 Å². The molecule has 0 aromatic carbocycles. The topological polar surface area (TPSA) is 266 Å². The van der Waals surface area contributed by atoms with Crippen LogP contribution in [0.1, 0.15) is 6.92 Å². The zero-order valence-corrected chi connectivity index (χ0v) is 18.5. The molecule has 3 rings (SSSR count). The second kappa shape index (κ2) is 11.5. The lowest BCUT2D eigenvalue weighted by Crippen LogP contribution is -2.66. The number of hydrogen-bond donors (Lipinski definition) is 10. The Kier molecular flexibility index (Phi) is 9.38. The van der Waals surface area contributed by atoms with Crippen LogP contribution in [0.5, 0.6) is 0 Å². The van der Waals surface area contributed by atoms with Crippen LogP contribution in [0.3, 0.4) is 0 Å². The quantitative estimate of drug-likeness (QED) is 0.151. The fourth-order valence-electron chi connectivity index (χ4n) is 4.19. The lowest BCUT2D eigenvalue weighted by Gasteiger charge is -2.47. The molecule has 204 valence electrons. The Morgan fingerprint density at radius 1 is 0.686 bits per heavy atom. The molecule has 15 atom stereocenters. The lowest BCUT2D eigenvalue weighted by atomic mass is 9.92. The van der Waals surface area contributed by atoms with E-state index in [9.17, 15) is 50.8 Å². The Bertz CT molecular complexity index is 706. The van der Waals surface area contributed by atoms with Crippen molar-refractivity contribution in [2.24, 2.45) is 5.92 Å². The minimum absolute atomic E-state index is 0.679. The van der Waals surface area contributed by atoms with Gasteiger partial charge >= 0.3 is 5.97 Å². The summed E-state index contributed by atoms with van der Waals surface area (Å²) in [6, 6.07) is 0. The maximum atomic E-state index is 11.3. The van der Waals surface area contributed by atoms with E-state index >= 15 is 0 Å². The van der Waals surface area contributed by atoms with Gasteiger partial charge in [0.25, 0.3) is 0 Å². The molecule has 35 heavy (non-hydrogen) atoms. The standard InChI is InChI=1S/C19H32O16/c1-4-7(22)13(5(2-20)31-17(4)30)33-18-12(27)10(25)14(6(3-21)32-18)34-19-11(26)8(23)9(24)15(35-19)16(28)29/h4-15,17-27,30H,2-3H2,1H3,(H,28,29)/t4?,5?,6?,7-,8?,9+,10?,11+,12+,13-,14-,15?,17+,18+,19-/m1/s1. The monoisotopic (exact) mass is 516 g/mol. The van der Waals surface area contributed by atoms with Gasteiger partial charge in [-0.15, -0.1) is 0 Å². The third-order valence-electron chi connectivity index (χ3n) is 6.40. The summed E-state index contributed by atoms with van der Waals surface area (Å²) in [5.74, 6) is -2.53. The predicted molar refractivity (Wildman–Crippen MR) is 105 cm³/mol. The summed E-state index contributed by atoms with van der Waals surface area (Å²) in [7, 11) is 0. The van der Waals surface area contributed by atoms with Gasteiger partial charge in [0.05, 0.1) is 19.3 Å². The molecule has 3 fully saturated rings. The third-order valence-corrected chi connectivity index (χ3v) is 6.40. The van der Waals surface area contributed by atoms with Crippen molar-refractivity contribution in [3.05, 3.63) is 0 Å². The molecule has 0 spiro atoms. The minimum atomic E-state index is -1.99. The molecule has 0 aromatic heterocycles. The van der Waals surface area contributed by atoms with Gasteiger partial charge in [-0.3, -0.25) is 0 Å². The zero-order chi connectivity index (χ0) is 26.2. The second-order valence-electron chi connectivity index (χ2n) is 8.74. The summed E-state index contributed by atoms with van der Waals surface area (Å²) >= 11 is 0. The number of carbonyl (C=O) groups is 1. The molecule has 3 aliphatic rings. The van der Waals surface area contributed by atoms with Crippen molar-refractivity contribution < 1.29 is 79.5 Å². The van der Waals surface area contributed by atoms with E-state index < -0.39 is 111 Å². The lowest BCUT2D eigenvalue weighted by molar-refractivity contribution is -0.373. The van der Waals surface area contributed by atoms with Crippen LogP contribution < -0.4 is 0 Å². The summed E-state index contributed by atoms with van der Waals surface area (Å²) in [4.78, 5) is 11.3. The first-order valence-corrected chi connectivity index (χ1v) is 10.9. The summed E-state index contributed by atoms with van der Waals surface area (Å²) < 4.78 is 26.5. The average molecular weight is 516 g/mol. The Hall–Kier alpha value is -1.09. The van der Waals surface area contributed by atoms with E-state index in [2.05, 4.69) is 0 Å². The highest BCUT2D eigenvalue weighted by Crippen LogP contribution is 2.33. The highest BCUT2D eigenvalue weighted by molar-refractivity contribution is 5.73. The number of rotatable bonds is 7. The van der Waals surface area contributed by atoms with Crippen LogP contribution in [-0.4, -0.2) is 156 Å². The fraction of sp³-hybridized carbons (Fsp3) is 0.947. The molecule has 0 aromatic rings. The largest absolute Gasteiger partial charge is 0.479 e. The van der Waals surface area contributed by atoms with Crippen molar-refractivity contribution in [3.8, 4) is 0 Å². The number of aliphatic carboxylic acids is 1. The van der Waals surface area contributed by atoms with E-state index in [-0.39, 0.29) is 0 Å². The molecule has 0 saturated carbocycles. The second-order valence-corrected chi connectivity index (χ2v) is 8.74. The molecule has 3 aliphatic heterocycles. The van der Waals surface area contributed by atoms with E-state index in [1.54, 1.807) is 0 Å². The van der Waals surface area contributed by atoms with Gasteiger partial charge in [-0.1, -0.05) is 6.92 Å². The summed E-state index contributed by atoms with van der Waals surface area (Å²) in [5.41, 5.74) is 0. The van der Waals surface area contributed by atoms with Crippen molar-refractivity contribution in [3.63, 3.8) is 0 Å². The molecule has 10 N–H and O–H groups in total. The van der Waals surface area contributed by atoms with E-state index in [1.165, 1.54) is 6.92 Å². The van der Waals surface area contributed by atoms with Crippen molar-refractivity contribution in [2.45, 2.75) is 92.9 Å². The predicted octanol–water partition coefficient (Wildman–Crippen LogP) is -6.21. The Morgan fingerprint density at radius 3 is 1.71 bits per heavy atom. The number of aliphatic hydroxyl groups is 9. The first-order valence-electron chi connectivity index (χ1n) is 10.9. The maximum absolute atomic E-state index is 11.3. The highest BCUT2D eigenvalue weighted by Gasteiger charge is 2.53. The summed E-state index contributed by atoms with van der Waals surface area (Å²) in [5, 5.41) is 99.7. The maximum Gasteiger partial charge on any atom is 0.335 e. The van der Waals surface area contributed by atoms with Crippen LogP contribution in [0.15, 0.2) is 0 Å². The van der Waals surface area contributed by atoms with Crippen LogP contribution in [-0.2, 0) is 28.5 Å². The molecular formula is C19H32O16. The van der Waals surface area contributed by atoms with Crippen LogP contribution in [0, 0.1) is 5.92 Å². The molecule has 0 amide bonds. The van der Waals surface area contributed by atoms with Gasteiger partial charge in [0.1, 0.15) is 54.9 Å². The fourth-order valence-corrected chi connectivity index (χ4v) is 4.19. The average Bonchev–Trinajstić information content (AvgIpc) is 2.83. The van der Waals surface area contributed by atoms with E-state index in [0.717, 1.165) is 0 Å². The van der Waals surface area contributed by atoms with Gasteiger partial charge in [-0.05, 0) is 0 Å². The number of ether oxygens (including phenoxy) is 5. The van der Waals surface area contributed by atoms with Gasteiger partial charge in [0.15, 0.2) is 25.0 Å². The number of carboxylic acids is 1. The Balaban J connectivity index is 1.73. The molecule has 6 unspecified atom stereocenters. The van der Waals surface area contributed by atoms with Gasteiger partial charge in [0, 0.05) is 5.92 Å². The molecular weight excluding hydrogens is 484 g/mol. The van der Waals surface area contributed by atoms with E-state index in [0.29, 0.717) is 0 Å². The summed E-state index contributed by atoms with van der Waals surface area (Å²) in [6.45, 7) is -0.0767. The number of carboxylic acid groups (broad SMARTS) is 1. The molecule has 3 heterocycles.